The van der Waals surface area contributed by atoms with Gasteiger partial charge in [-0.25, -0.2) is 4.98 Å². The quantitative estimate of drug-likeness (QED) is 0.530. The van der Waals surface area contributed by atoms with Gasteiger partial charge in [0.1, 0.15) is 5.82 Å². The second-order valence-electron chi connectivity index (χ2n) is 7.43. The molecule has 7 nitrogen and oxygen atoms in total. The number of nitrogens with one attached hydrogen (secondary N) is 2. The Bertz CT molecular complexity index is 1190. The summed E-state index contributed by atoms with van der Waals surface area (Å²) in [6, 6.07) is 14.9. The van der Waals surface area contributed by atoms with Crippen molar-refractivity contribution in [2.75, 3.05) is 0 Å². The number of nitrogens with zero attached hydrogens (tertiary/aromatic N) is 3. The fraction of sp³-hybridized carbons (Fsp3) is 0.273. The molecule has 2 heterocycles. The van der Waals surface area contributed by atoms with Crippen molar-refractivity contribution in [2.24, 2.45) is 5.92 Å². The van der Waals surface area contributed by atoms with Gasteiger partial charge in [0, 0.05) is 11.8 Å². The van der Waals surface area contributed by atoms with E-state index in [1.54, 1.807) is 10.7 Å². The summed E-state index contributed by atoms with van der Waals surface area (Å²) in [5.74, 6) is 0.834. The van der Waals surface area contributed by atoms with Gasteiger partial charge in [-0.2, -0.15) is 5.10 Å². The molecule has 0 saturated heterocycles. The SMILES string of the molecule is CC(C)[C@H](NC(=O)CCn1ncc(=O)c2ccccc21)c1nc2ccccc2[nH]1. The molecule has 29 heavy (non-hydrogen) atoms. The Kier molecular flexibility index (Phi) is 5.12. The van der Waals surface area contributed by atoms with E-state index in [1.807, 2.05) is 42.5 Å². The van der Waals surface area contributed by atoms with Crippen LogP contribution in [0.3, 0.4) is 0 Å². The number of para-hydroxylation sites is 3. The van der Waals surface area contributed by atoms with Crippen molar-refractivity contribution in [1.29, 1.82) is 0 Å². The van der Waals surface area contributed by atoms with Gasteiger partial charge in [0.05, 0.1) is 35.3 Å². The highest BCUT2D eigenvalue weighted by Gasteiger charge is 2.21. The monoisotopic (exact) mass is 389 g/mol. The van der Waals surface area contributed by atoms with Crippen molar-refractivity contribution in [3.05, 3.63) is 70.8 Å². The predicted molar refractivity (Wildman–Crippen MR) is 112 cm³/mol. The van der Waals surface area contributed by atoms with E-state index in [1.165, 1.54) is 6.20 Å². The Morgan fingerprint density at radius 1 is 1.14 bits per heavy atom. The third-order valence-electron chi connectivity index (χ3n) is 5.00. The number of aromatic nitrogens is 4. The van der Waals surface area contributed by atoms with Gasteiger partial charge in [-0.05, 0) is 30.2 Å². The molecule has 0 fully saturated rings. The van der Waals surface area contributed by atoms with E-state index in [9.17, 15) is 9.59 Å². The van der Waals surface area contributed by atoms with Crippen LogP contribution >= 0.6 is 0 Å². The molecule has 7 heteroatoms. The minimum atomic E-state index is -0.214. The number of hydrogen-bond acceptors (Lipinski definition) is 4. The lowest BCUT2D eigenvalue weighted by molar-refractivity contribution is -0.122. The second kappa shape index (κ2) is 7.87. The van der Waals surface area contributed by atoms with Crippen LogP contribution in [0.25, 0.3) is 21.9 Å². The van der Waals surface area contributed by atoms with Crippen LogP contribution in [0.15, 0.2) is 59.5 Å². The molecular weight excluding hydrogens is 366 g/mol. The molecule has 148 valence electrons. The zero-order valence-electron chi connectivity index (χ0n) is 16.4. The molecule has 1 atom stereocenters. The van der Waals surface area contributed by atoms with Gasteiger partial charge in [-0.1, -0.05) is 38.1 Å². The Labute approximate surface area is 167 Å². The number of H-pyrrole nitrogens is 1. The number of carbonyl (C=O) groups excluding carboxylic acids is 1. The standard InChI is InChI=1S/C22H23N5O2/c1-14(2)21(22-24-16-8-4-5-9-17(16)25-22)26-20(29)11-12-27-18-10-6-3-7-15(18)19(28)13-23-27/h3-10,13-14,21H,11-12H2,1-2H3,(H,24,25)(H,26,29)/t21-/m0/s1. The summed E-state index contributed by atoms with van der Waals surface area (Å²) in [4.78, 5) is 32.6. The molecule has 0 spiro atoms. The van der Waals surface area contributed by atoms with Crippen LogP contribution in [-0.4, -0.2) is 25.7 Å². The third-order valence-corrected chi connectivity index (χ3v) is 5.00. The first-order chi connectivity index (χ1) is 14.0. The van der Waals surface area contributed by atoms with E-state index in [-0.39, 0.29) is 29.7 Å². The number of aromatic amines is 1. The summed E-state index contributed by atoms with van der Waals surface area (Å²) in [7, 11) is 0. The van der Waals surface area contributed by atoms with Crippen LogP contribution in [0.5, 0.6) is 0 Å². The van der Waals surface area contributed by atoms with E-state index in [2.05, 4.69) is 34.2 Å². The van der Waals surface area contributed by atoms with Crippen LogP contribution in [0, 0.1) is 5.92 Å². The van der Waals surface area contributed by atoms with Crippen LogP contribution < -0.4 is 10.7 Å². The minimum Gasteiger partial charge on any atom is -0.346 e. The lowest BCUT2D eigenvalue weighted by atomic mass is 10.0. The van der Waals surface area contributed by atoms with Crippen LogP contribution in [0.2, 0.25) is 0 Å². The number of hydrogen-bond donors (Lipinski definition) is 2. The number of fused-ring (bicyclic) bond motifs is 2. The molecule has 2 aromatic carbocycles. The Balaban J connectivity index is 1.49. The van der Waals surface area contributed by atoms with Gasteiger partial charge in [-0.3, -0.25) is 14.3 Å². The zero-order chi connectivity index (χ0) is 20.4. The first kappa shape index (κ1) is 18.9. The highest BCUT2D eigenvalue weighted by Crippen LogP contribution is 2.22. The van der Waals surface area contributed by atoms with Crippen LogP contribution in [-0.2, 0) is 11.3 Å². The topological polar surface area (TPSA) is 92.7 Å². The fourth-order valence-electron chi connectivity index (χ4n) is 3.46. The summed E-state index contributed by atoms with van der Waals surface area (Å²) >= 11 is 0. The van der Waals surface area contributed by atoms with E-state index in [0.717, 1.165) is 22.4 Å². The van der Waals surface area contributed by atoms with Crippen LogP contribution in [0.4, 0.5) is 0 Å². The zero-order valence-corrected chi connectivity index (χ0v) is 16.4. The lowest BCUT2D eigenvalue weighted by Gasteiger charge is -2.20. The smallest absolute Gasteiger partial charge is 0.222 e. The summed E-state index contributed by atoms with van der Waals surface area (Å²) in [5.41, 5.74) is 2.44. The molecule has 0 aliphatic rings. The molecule has 4 aromatic rings. The molecule has 0 saturated carbocycles. The van der Waals surface area contributed by atoms with Gasteiger partial charge in [0.2, 0.25) is 11.3 Å². The molecule has 4 rings (SSSR count). The van der Waals surface area contributed by atoms with Gasteiger partial charge in [0.15, 0.2) is 0 Å². The molecule has 0 aliphatic carbocycles. The van der Waals surface area contributed by atoms with Crippen molar-refractivity contribution in [3.63, 3.8) is 0 Å². The van der Waals surface area contributed by atoms with Crippen LogP contribution in [0.1, 0.15) is 32.1 Å². The molecular formula is C22H23N5O2. The lowest BCUT2D eigenvalue weighted by Crippen LogP contribution is -2.33. The Morgan fingerprint density at radius 2 is 1.90 bits per heavy atom. The number of rotatable bonds is 6. The Hall–Kier alpha value is -3.48. The number of aryl methyl sites for hydroxylation is 1. The average Bonchev–Trinajstić information content (AvgIpc) is 3.15. The van der Waals surface area contributed by atoms with Crippen molar-refractivity contribution in [1.82, 2.24) is 25.1 Å². The first-order valence-corrected chi connectivity index (χ1v) is 9.72. The molecule has 0 aliphatic heterocycles. The largest absolute Gasteiger partial charge is 0.346 e. The molecule has 1 amide bonds. The minimum absolute atomic E-state index is 0.0891. The van der Waals surface area contributed by atoms with Gasteiger partial charge in [0.25, 0.3) is 0 Å². The number of imidazole rings is 1. The number of benzene rings is 2. The highest BCUT2D eigenvalue weighted by atomic mass is 16.1. The molecule has 0 bridgehead atoms. The van der Waals surface area contributed by atoms with E-state index in [4.69, 9.17) is 0 Å². The molecule has 0 unspecified atom stereocenters. The van der Waals surface area contributed by atoms with Gasteiger partial charge in [-0.15, -0.1) is 0 Å². The molecule has 2 aromatic heterocycles. The maximum absolute atomic E-state index is 12.7. The maximum atomic E-state index is 12.7. The third kappa shape index (κ3) is 3.89. The summed E-state index contributed by atoms with van der Waals surface area (Å²) in [6.07, 6.45) is 1.55. The van der Waals surface area contributed by atoms with Crippen molar-refractivity contribution in [3.8, 4) is 0 Å². The number of carbonyl (C=O) groups is 1. The second-order valence-corrected chi connectivity index (χ2v) is 7.43. The van der Waals surface area contributed by atoms with Gasteiger partial charge >= 0.3 is 0 Å². The van der Waals surface area contributed by atoms with E-state index in [0.29, 0.717) is 11.9 Å². The summed E-state index contributed by atoms with van der Waals surface area (Å²) in [6.45, 7) is 4.49. The molecule has 2 N–H and O–H groups in total. The van der Waals surface area contributed by atoms with Crippen molar-refractivity contribution >= 4 is 27.8 Å². The summed E-state index contributed by atoms with van der Waals surface area (Å²) in [5, 5.41) is 7.88. The van der Waals surface area contributed by atoms with Crippen molar-refractivity contribution in [2.45, 2.75) is 32.9 Å². The number of amides is 1. The molecule has 0 radical (unpaired) electrons. The predicted octanol–water partition coefficient (Wildman–Crippen LogP) is 3.18. The fourth-order valence-corrected chi connectivity index (χ4v) is 3.46. The highest BCUT2D eigenvalue weighted by molar-refractivity contribution is 5.79. The van der Waals surface area contributed by atoms with Crippen molar-refractivity contribution < 1.29 is 4.79 Å². The Morgan fingerprint density at radius 3 is 2.69 bits per heavy atom. The van der Waals surface area contributed by atoms with E-state index >= 15 is 0 Å². The normalized spacial score (nSPS) is 12.5. The summed E-state index contributed by atoms with van der Waals surface area (Å²) < 4.78 is 1.70. The average molecular weight is 389 g/mol. The van der Waals surface area contributed by atoms with E-state index < -0.39 is 0 Å². The van der Waals surface area contributed by atoms with Gasteiger partial charge < -0.3 is 10.3 Å². The first-order valence-electron chi connectivity index (χ1n) is 9.72. The maximum Gasteiger partial charge on any atom is 0.222 e.